The Balaban J connectivity index is 1.55. The minimum absolute atomic E-state index is 0.0883. The minimum Gasteiger partial charge on any atom is -0.462 e. The van der Waals surface area contributed by atoms with Crippen LogP contribution in [0.1, 0.15) is 29.7 Å². The smallest absolute Gasteiger partial charge is 0.419 e. The summed E-state index contributed by atoms with van der Waals surface area (Å²) in [6, 6.07) is 1.86. The van der Waals surface area contributed by atoms with Crippen LogP contribution in [0.2, 0.25) is 0 Å². The minimum atomic E-state index is -4.48. The second-order valence-electron chi connectivity index (χ2n) is 7.47. The molecule has 2 aromatic rings. The Bertz CT molecular complexity index is 891. The third-order valence-electron chi connectivity index (χ3n) is 5.60. The van der Waals surface area contributed by atoms with Gasteiger partial charge < -0.3 is 20.3 Å². The van der Waals surface area contributed by atoms with Crippen molar-refractivity contribution < 1.29 is 17.9 Å². The lowest BCUT2D eigenvalue weighted by atomic mass is 10.0. The summed E-state index contributed by atoms with van der Waals surface area (Å²) < 4.78 is 45.9. The molecule has 7 nitrogen and oxygen atoms in total. The zero-order valence-electron chi connectivity index (χ0n) is 16.1. The van der Waals surface area contributed by atoms with Crippen LogP contribution in [0.5, 0.6) is 6.01 Å². The molecule has 0 spiro atoms. The number of hydrogen-bond acceptors (Lipinski definition) is 7. The molecule has 1 fully saturated rings. The summed E-state index contributed by atoms with van der Waals surface area (Å²) in [6.45, 7) is 2.08. The topological polar surface area (TPSA) is 80.4 Å². The molecule has 0 bridgehead atoms. The largest absolute Gasteiger partial charge is 0.462 e. The molecule has 29 heavy (non-hydrogen) atoms. The second-order valence-corrected chi connectivity index (χ2v) is 7.47. The highest BCUT2D eigenvalue weighted by Gasteiger charge is 2.36. The number of alkyl halides is 3. The Morgan fingerprint density at radius 3 is 2.83 bits per heavy atom. The van der Waals surface area contributed by atoms with E-state index < -0.39 is 11.7 Å². The second kappa shape index (κ2) is 7.66. The number of ether oxygens (including phenoxy) is 1. The summed E-state index contributed by atoms with van der Waals surface area (Å²) >= 11 is 0. The normalized spacial score (nSPS) is 20.0. The van der Waals surface area contributed by atoms with Crippen LogP contribution >= 0.6 is 0 Å². The molecule has 2 aliphatic rings. The summed E-state index contributed by atoms with van der Waals surface area (Å²) in [5.74, 6) is 0.329. The maximum absolute atomic E-state index is 13.4. The van der Waals surface area contributed by atoms with Gasteiger partial charge in [0.05, 0.1) is 23.5 Å². The van der Waals surface area contributed by atoms with E-state index in [4.69, 9.17) is 10.5 Å². The predicted molar refractivity (Wildman–Crippen MR) is 102 cm³/mol. The lowest BCUT2D eigenvalue weighted by Crippen LogP contribution is -2.34. The van der Waals surface area contributed by atoms with Crippen molar-refractivity contribution in [2.24, 2.45) is 0 Å². The molecule has 0 unspecified atom stereocenters. The maximum Gasteiger partial charge on any atom is 0.419 e. The zero-order valence-corrected chi connectivity index (χ0v) is 16.1. The average Bonchev–Trinajstić information content (AvgIpc) is 3.10. The summed E-state index contributed by atoms with van der Waals surface area (Å²) in [5.41, 5.74) is 6.79. The Morgan fingerprint density at radius 1 is 1.28 bits per heavy atom. The lowest BCUT2D eigenvalue weighted by molar-refractivity contribution is -0.137. The van der Waals surface area contributed by atoms with Gasteiger partial charge in [-0.15, -0.1) is 0 Å². The molecule has 0 aliphatic carbocycles. The van der Waals surface area contributed by atoms with E-state index >= 15 is 0 Å². The molecular formula is C19H23F3N6O. The van der Waals surface area contributed by atoms with Crippen LogP contribution in [0.25, 0.3) is 0 Å². The van der Waals surface area contributed by atoms with E-state index in [1.54, 1.807) is 4.90 Å². The predicted octanol–water partition coefficient (Wildman–Crippen LogP) is 2.51. The van der Waals surface area contributed by atoms with E-state index in [1.807, 2.05) is 7.05 Å². The molecule has 4 rings (SSSR count). The van der Waals surface area contributed by atoms with Gasteiger partial charge in [0.25, 0.3) is 0 Å². The number of nitrogens with two attached hydrogens (primary N) is 1. The van der Waals surface area contributed by atoms with Crippen molar-refractivity contribution in [3.63, 3.8) is 0 Å². The molecule has 156 valence electrons. The number of aromatic nitrogens is 3. The number of nitrogen functional groups attached to an aromatic ring is 1. The van der Waals surface area contributed by atoms with Gasteiger partial charge in [0, 0.05) is 30.5 Å². The van der Waals surface area contributed by atoms with Crippen molar-refractivity contribution in [1.29, 1.82) is 0 Å². The molecule has 0 saturated carbocycles. The van der Waals surface area contributed by atoms with E-state index in [2.05, 4.69) is 19.9 Å². The van der Waals surface area contributed by atoms with Gasteiger partial charge in [-0.3, -0.25) is 4.98 Å². The van der Waals surface area contributed by atoms with E-state index in [0.717, 1.165) is 31.1 Å². The van der Waals surface area contributed by atoms with Crippen LogP contribution in [-0.2, 0) is 19.1 Å². The zero-order chi connectivity index (χ0) is 20.6. The number of likely N-dealkylation sites (tertiary alicyclic amines) is 1. The number of anilines is 2. The Hall–Kier alpha value is -2.62. The quantitative estimate of drug-likeness (QED) is 0.833. The summed E-state index contributed by atoms with van der Waals surface area (Å²) in [4.78, 5) is 16.2. The van der Waals surface area contributed by atoms with E-state index in [-0.39, 0.29) is 18.2 Å². The van der Waals surface area contributed by atoms with E-state index in [1.165, 1.54) is 12.3 Å². The number of likely N-dealkylation sites (N-methyl/N-ethyl adjacent to an activating group) is 1. The van der Waals surface area contributed by atoms with Gasteiger partial charge in [-0.1, -0.05) is 0 Å². The van der Waals surface area contributed by atoms with Crippen molar-refractivity contribution >= 4 is 11.5 Å². The molecule has 4 heterocycles. The van der Waals surface area contributed by atoms with Gasteiger partial charge in [0.15, 0.2) is 0 Å². The average molecular weight is 408 g/mol. The molecular weight excluding hydrogens is 385 g/mol. The van der Waals surface area contributed by atoms with Crippen molar-refractivity contribution in [2.45, 2.75) is 38.0 Å². The van der Waals surface area contributed by atoms with Crippen LogP contribution in [-0.4, -0.2) is 52.6 Å². The van der Waals surface area contributed by atoms with Crippen LogP contribution in [0.4, 0.5) is 24.7 Å². The highest BCUT2D eigenvalue weighted by Crippen LogP contribution is 2.37. The fourth-order valence-electron chi connectivity index (χ4n) is 3.95. The van der Waals surface area contributed by atoms with Gasteiger partial charge in [0.1, 0.15) is 12.4 Å². The highest BCUT2D eigenvalue weighted by molar-refractivity contribution is 5.57. The fraction of sp³-hybridized carbons (Fsp3) is 0.526. The number of pyridine rings is 1. The van der Waals surface area contributed by atoms with Gasteiger partial charge in [-0.2, -0.15) is 23.1 Å². The number of rotatable bonds is 4. The van der Waals surface area contributed by atoms with Crippen LogP contribution in [0.3, 0.4) is 0 Å². The number of hydrogen-bond donors (Lipinski definition) is 1. The van der Waals surface area contributed by atoms with Gasteiger partial charge >= 0.3 is 12.2 Å². The standard InChI is InChI=1S/C19H23F3N6O/c1-27-7-2-3-12(27)11-29-18-25-15-10-28(8-5-13(15)17(23)26-18)16-4-6-24-9-14(16)19(20,21)22/h4,6,9,12H,2-3,5,7-8,10-11H2,1H3,(H2,23,25,26)/t12-/m0/s1. The molecule has 1 saturated heterocycles. The van der Waals surface area contributed by atoms with Gasteiger partial charge in [-0.05, 0) is 38.9 Å². The number of halogens is 3. The number of nitrogens with zero attached hydrogens (tertiary/aromatic N) is 5. The van der Waals surface area contributed by atoms with Crippen LogP contribution in [0.15, 0.2) is 18.5 Å². The first-order valence-electron chi connectivity index (χ1n) is 9.57. The third kappa shape index (κ3) is 4.07. The molecule has 0 radical (unpaired) electrons. The number of fused-ring (bicyclic) bond motifs is 1. The maximum atomic E-state index is 13.4. The van der Waals surface area contributed by atoms with Gasteiger partial charge in [0.2, 0.25) is 0 Å². The lowest BCUT2D eigenvalue weighted by Gasteiger charge is -2.32. The molecule has 2 aromatic heterocycles. The SMILES string of the molecule is CN1CCC[C@H]1COc1nc(N)c2c(n1)CN(c1ccncc1C(F)(F)F)CC2. The fourth-order valence-corrected chi connectivity index (χ4v) is 3.95. The molecule has 2 N–H and O–H groups in total. The van der Waals surface area contributed by atoms with Gasteiger partial charge in [-0.25, -0.2) is 0 Å². The first kappa shape index (κ1) is 19.7. The molecule has 0 aromatic carbocycles. The molecule has 0 amide bonds. The Labute approximate surface area is 166 Å². The molecule has 10 heteroatoms. The van der Waals surface area contributed by atoms with E-state index in [0.29, 0.717) is 37.1 Å². The monoisotopic (exact) mass is 408 g/mol. The van der Waals surface area contributed by atoms with Crippen LogP contribution in [0, 0.1) is 0 Å². The summed E-state index contributed by atoms with van der Waals surface area (Å²) in [5, 5.41) is 0. The first-order valence-corrected chi connectivity index (χ1v) is 9.57. The molecule has 2 aliphatic heterocycles. The van der Waals surface area contributed by atoms with Crippen molar-refractivity contribution in [3.05, 3.63) is 35.3 Å². The van der Waals surface area contributed by atoms with Crippen molar-refractivity contribution in [3.8, 4) is 6.01 Å². The van der Waals surface area contributed by atoms with E-state index in [9.17, 15) is 13.2 Å². The first-order chi connectivity index (χ1) is 13.8. The summed E-state index contributed by atoms with van der Waals surface area (Å²) in [6.07, 6.45) is 0.378. The Morgan fingerprint density at radius 2 is 2.10 bits per heavy atom. The van der Waals surface area contributed by atoms with Crippen LogP contribution < -0.4 is 15.4 Å². The van der Waals surface area contributed by atoms with Crippen molar-refractivity contribution in [1.82, 2.24) is 19.9 Å². The third-order valence-corrected chi connectivity index (χ3v) is 5.60. The van der Waals surface area contributed by atoms with Crippen molar-refractivity contribution in [2.75, 3.05) is 37.4 Å². The molecule has 1 atom stereocenters. The summed E-state index contributed by atoms with van der Waals surface area (Å²) in [7, 11) is 2.05. The Kier molecular flexibility index (Phi) is 5.20. The highest BCUT2D eigenvalue weighted by atomic mass is 19.4.